The molecule has 0 aliphatic carbocycles. The second kappa shape index (κ2) is 5.72. The summed E-state index contributed by atoms with van der Waals surface area (Å²) in [6, 6.07) is 5.78. The van der Waals surface area contributed by atoms with Crippen LogP contribution in [0.2, 0.25) is 0 Å². The molecule has 0 fully saturated rings. The summed E-state index contributed by atoms with van der Waals surface area (Å²) < 4.78 is 0. The average molecular weight is 262 g/mol. The lowest BCUT2D eigenvalue weighted by atomic mass is 9.96. The lowest BCUT2D eigenvalue weighted by molar-refractivity contribution is -0.121. The molecule has 1 aromatic rings. The maximum absolute atomic E-state index is 12.2. The van der Waals surface area contributed by atoms with Gasteiger partial charge in [0.05, 0.1) is 6.10 Å². The number of nitrogens with zero attached hydrogens (tertiary/aromatic N) is 1. The zero-order valence-corrected chi connectivity index (χ0v) is 11.6. The van der Waals surface area contributed by atoms with Crippen LogP contribution in [0.1, 0.15) is 37.5 Å². The Labute approximate surface area is 114 Å². The molecule has 1 atom stereocenters. The van der Waals surface area contributed by atoms with E-state index in [1.54, 1.807) is 0 Å². The lowest BCUT2D eigenvalue weighted by Crippen LogP contribution is -2.38. The third-order valence-corrected chi connectivity index (χ3v) is 3.59. The maximum atomic E-state index is 12.2. The number of rotatable bonds is 3. The fraction of sp³-hybridized carbons (Fsp3) is 0.533. The highest BCUT2D eigenvalue weighted by Gasteiger charge is 2.24. The van der Waals surface area contributed by atoms with Gasteiger partial charge in [-0.15, -0.1) is 0 Å². The summed E-state index contributed by atoms with van der Waals surface area (Å²) in [6.07, 6.45) is 1.29. The van der Waals surface area contributed by atoms with Crippen molar-refractivity contribution in [2.45, 2.75) is 32.8 Å². The fourth-order valence-corrected chi connectivity index (χ4v) is 2.50. The number of carbonyl (C=O) groups is 1. The SMILES string of the molecule is CC(C)C(=O)N1CCCc2cc(C(O)CN)ccc21. The van der Waals surface area contributed by atoms with Crippen LogP contribution < -0.4 is 10.6 Å². The molecule has 104 valence electrons. The second-order valence-corrected chi connectivity index (χ2v) is 5.39. The molecule has 0 radical (unpaired) electrons. The van der Waals surface area contributed by atoms with Crippen molar-refractivity contribution in [2.75, 3.05) is 18.0 Å². The van der Waals surface area contributed by atoms with E-state index in [1.165, 1.54) is 0 Å². The van der Waals surface area contributed by atoms with E-state index in [0.717, 1.165) is 36.2 Å². The zero-order valence-electron chi connectivity index (χ0n) is 11.6. The van der Waals surface area contributed by atoms with E-state index in [-0.39, 0.29) is 18.4 Å². The Morgan fingerprint density at radius 3 is 2.84 bits per heavy atom. The summed E-state index contributed by atoms with van der Waals surface area (Å²) in [5, 5.41) is 9.79. The fourth-order valence-electron chi connectivity index (χ4n) is 2.50. The van der Waals surface area contributed by atoms with E-state index < -0.39 is 6.10 Å². The molecular formula is C15H22N2O2. The molecule has 4 nitrogen and oxygen atoms in total. The van der Waals surface area contributed by atoms with Crippen molar-refractivity contribution < 1.29 is 9.90 Å². The molecule has 1 heterocycles. The van der Waals surface area contributed by atoms with Crippen LogP contribution in [0.25, 0.3) is 0 Å². The quantitative estimate of drug-likeness (QED) is 0.869. The van der Waals surface area contributed by atoms with E-state index in [2.05, 4.69) is 0 Å². The molecule has 2 rings (SSSR count). The van der Waals surface area contributed by atoms with Gasteiger partial charge in [0.2, 0.25) is 5.91 Å². The van der Waals surface area contributed by atoms with Crippen LogP contribution >= 0.6 is 0 Å². The summed E-state index contributed by atoms with van der Waals surface area (Å²) in [5.74, 6) is 0.160. The summed E-state index contributed by atoms with van der Waals surface area (Å²) in [6.45, 7) is 4.84. The standard InChI is InChI=1S/C15H22N2O2/c1-10(2)15(19)17-7-3-4-11-8-12(14(18)9-16)5-6-13(11)17/h5-6,8,10,14,18H,3-4,7,9,16H2,1-2H3. The second-order valence-electron chi connectivity index (χ2n) is 5.39. The number of fused-ring (bicyclic) bond motifs is 1. The number of nitrogens with two attached hydrogens (primary N) is 1. The minimum Gasteiger partial charge on any atom is -0.387 e. The number of hydrogen-bond donors (Lipinski definition) is 2. The highest BCUT2D eigenvalue weighted by atomic mass is 16.3. The first-order valence-corrected chi connectivity index (χ1v) is 6.87. The van der Waals surface area contributed by atoms with Crippen LogP contribution in [0.4, 0.5) is 5.69 Å². The van der Waals surface area contributed by atoms with Gasteiger partial charge in [-0.25, -0.2) is 0 Å². The van der Waals surface area contributed by atoms with Gasteiger partial charge in [-0.2, -0.15) is 0 Å². The lowest BCUT2D eigenvalue weighted by Gasteiger charge is -2.31. The van der Waals surface area contributed by atoms with Crippen LogP contribution in [0.3, 0.4) is 0 Å². The van der Waals surface area contributed by atoms with Crippen molar-refractivity contribution >= 4 is 11.6 Å². The van der Waals surface area contributed by atoms with Crippen molar-refractivity contribution in [1.29, 1.82) is 0 Å². The first-order chi connectivity index (χ1) is 9.04. The Morgan fingerprint density at radius 2 is 2.21 bits per heavy atom. The van der Waals surface area contributed by atoms with E-state index in [0.29, 0.717) is 0 Å². The highest BCUT2D eigenvalue weighted by molar-refractivity contribution is 5.95. The molecule has 4 heteroatoms. The van der Waals surface area contributed by atoms with Crippen molar-refractivity contribution in [3.8, 4) is 0 Å². The van der Waals surface area contributed by atoms with Crippen LogP contribution in [0, 0.1) is 5.92 Å². The van der Waals surface area contributed by atoms with E-state index in [9.17, 15) is 9.90 Å². The van der Waals surface area contributed by atoms with Crippen molar-refractivity contribution in [1.82, 2.24) is 0 Å². The molecule has 0 spiro atoms. The molecule has 0 aromatic heterocycles. The molecular weight excluding hydrogens is 240 g/mol. The van der Waals surface area contributed by atoms with E-state index in [4.69, 9.17) is 5.73 Å². The number of hydrogen-bond acceptors (Lipinski definition) is 3. The Hall–Kier alpha value is -1.39. The summed E-state index contributed by atoms with van der Waals surface area (Å²) in [5.41, 5.74) is 8.43. The van der Waals surface area contributed by atoms with Gasteiger partial charge in [0.1, 0.15) is 0 Å². The molecule has 0 saturated heterocycles. The molecule has 1 aromatic carbocycles. The largest absolute Gasteiger partial charge is 0.387 e. The van der Waals surface area contributed by atoms with Gasteiger partial charge >= 0.3 is 0 Å². The smallest absolute Gasteiger partial charge is 0.229 e. The Kier molecular flexibility index (Phi) is 4.22. The van der Waals surface area contributed by atoms with E-state index >= 15 is 0 Å². The maximum Gasteiger partial charge on any atom is 0.229 e. The predicted octanol–water partition coefficient (Wildman–Crippen LogP) is 1.61. The molecule has 0 bridgehead atoms. The first kappa shape index (κ1) is 14.0. The van der Waals surface area contributed by atoms with Gasteiger partial charge in [0, 0.05) is 24.7 Å². The van der Waals surface area contributed by atoms with Gasteiger partial charge in [0.15, 0.2) is 0 Å². The number of anilines is 1. The molecule has 0 saturated carbocycles. The van der Waals surface area contributed by atoms with Gasteiger partial charge in [-0.1, -0.05) is 26.0 Å². The monoisotopic (exact) mass is 262 g/mol. The number of aliphatic hydroxyl groups excluding tert-OH is 1. The summed E-state index contributed by atoms with van der Waals surface area (Å²) >= 11 is 0. The van der Waals surface area contributed by atoms with E-state index in [1.807, 2.05) is 36.9 Å². The normalized spacial score (nSPS) is 16.4. The minimum absolute atomic E-state index is 0.000239. The summed E-state index contributed by atoms with van der Waals surface area (Å²) in [4.78, 5) is 14.1. The third-order valence-electron chi connectivity index (χ3n) is 3.59. The van der Waals surface area contributed by atoms with Crippen LogP contribution in [-0.4, -0.2) is 24.1 Å². The Bertz CT molecular complexity index is 471. The summed E-state index contributed by atoms with van der Waals surface area (Å²) in [7, 11) is 0. The van der Waals surface area contributed by atoms with Crippen LogP contribution in [0.15, 0.2) is 18.2 Å². The van der Waals surface area contributed by atoms with Crippen molar-refractivity contribution in [2.24, 2.45) is 11.7 Å². The molecule has 1 aliphatic heterocycles. The molecule has 1 aliphatic rings. The van der Waals surface area contributed by atoms with Gasteiger partial charge < -0.3 is 15.7 Å². The predicted molar refractivity (Wildman–Crippen MR) is 76.0 cm³/mol. The molecule has 1 amide bonds. The molecule has 3 N–H and O–H groups in total. The first-order valence-electron chi connectivity index (χ1n) is 6.87. The Morgan fingerprint density at radius 1 is 1.47 bits per heavy atom. The highest BCUT2D eigenvalue weighted by Crippen LogP contribution is 2.30. The Balaban J connectivity index is 2.33. The third kappa shape index (κ3) is 2.80. The van der Waals surface area contributed by atoms with Gasteiger partial charge in [0.25, 0.3) is 0 Å². The zero-order chi connectivity index (χ0) is 14.0. The number of amides is 1. The van der Waals surface area contributed by atoms with Crippen molar-refractivity contribution in [3.63, 3.8) is 0 Å². The van der Waals surface area contributed by atoms with Gasteiger partial charge in [-0.05, 0) is 30.0 Å². The minimum atomic E-state index is -0.624. The molecule has 19 heavy (non-hydrogen) atoms. The number of aryl methyl sites for hydroxylation is 1. The van der Waals surface area contributed by atoms with Crippen LogP contribution in [-0.2, 0) is 11.2 Å². The van der Waals surface area contributed by atoms with Crippen LogP contribution in [0.5, 0.6) is 0 Å². The topological polar surface area (TPSA) is 66.6 Å². The average Bonchev–Trinajstić information content (AvgIpc) is 2.44. The number of benzene rings is 1. The van der Waals surface area contributed by atoms with Gasteiger partial charge in [-0.3, -0.25) is 4.79 Å². The molecule has 1 unspecified atom stereocenters. The number of carbonyl (C=O) groups excluding carboxylic acids is 1. The number of aliphatic hydroxyl groups is 1. The van der Waals surface area contributed by atoms with Crippen molar-refractivity contribution in [3.05, 3.63) is 29.3 Å².